The lowest BCUT2D eigenvalue weighted by Gasteiger charge is -2.32. The second kappa shape index (κ2) is 14.2. The van der Waals surface area contributed by atoms with Crippen LogP contribution in [0, 0.1) is 0 Å². The number of piperidine rings is 1. The molecule has 0 bridgehead atoms. The number of methoxy groups -OCH3 is 1. The van der Waals surface area contributed by atoms with Crippen molar-refractivity contribution in [3.05, 3.63) is 59.2 Å². The predicted molar refractivity (Wildman–Crippen MR) is 148 cm³/mol. The maximum atomic E-state index is 14.3. The molecule has 0 saturated carbocycles. The van der Waals surface area contributed by atoms with E-state index in [1.807, 2.05) is 0 Å². The summed E-state index contributed by atoms with van der Waals surface area (Å²) < 4.78 is 95.6. The highest BCUT2D eigenvalue weighted by molar-refractivity contribution is 7.99. The van der Waals surface area contributed by atoms with E-state index in [0.29, 0.717) is 29.0 Å². The molecule has 0 unspecified atom stereocenters. The average Bonchev–Trinajstić information content (AvgIpc) is 2.95. The number of benzene rings is 2. The van der Waals surface area contributed by atoms with Gasteiger partial charge in [-0.15, -0.1) is 0 Å². The maximum Gasteiger partial charge on any atom is 0.418 e. The van der Waals surface area contributed by atoms with E-state index in [1.165, 1.54) is 4.90 Å². The summed E-state index contributed by atoms with van der Waals surface area (Å²) >= 11 is 0.618. The minimum Gasteiger partial charge on any atom is -0.383 e. The lowest BCUT2D eigenvalue weighted by molar-refractivity contribution is -0.163. The van der Waals surface area contributed by atoms with Crippen molar-refractivity contribution in [1.29, 1.82) is 0 Å². The standard InChI is InChI=1S/C29H33F6N3O3S/c1-40-16-13-37-11-9-21(10-12-37)36-22-3-2-4-23(19-22)42-24-7-5-20(6-8-25(39)38-14-17-41-18-15-38)26(28(30,31)32)27(24)29(33,34)35/h2-8,19,21,36H,9-18H2,1H3. The van der Waals surface area contributed by atoms with Gasteiger partial charge < -0.3 is 24.6 Å². The van der Waals surface area contributed by atoms with E-state index in [-0.39, 0.29) is 32.3 Å². The molecule has 2 aromatic rings. The van der Waals surface area contributed by atoms with Crippen LogP contribution < -0.4 is 5.32 Å². The zero-order chi connectivity index (χ0) is 30.3. The molecule has 2 aromatic carbocycles. The number of nitrogens with one attached hydrogen (secondary N) is 1. The van der Waals surface area contributed by atoms with Crippen LogP contribution in [-0.2, 0) is 26.6 Å². The summed E-state index contributed by atoms with van der Waals surface area (Å²) in [5.41, 5.74) is -3.64. The maximum absolute atomic E-state index is 14.3. The lowest BCUT2D eigenvalue weighted by Crippen LogP contribution is -2.40. The number of hydrogen-bond acceptors (Lipinski definition) is 6. The normalized spacial score (nSPS) is 17.6. The fourth-order valence-corrected chi connectivity index (χ4v) is 6.04. The van der Waals surface area contributed by atoms with Crippen molar-refractivity contribution in [3.8, 4) is 0 Å². The molecule has 0 spiro atoms. The van der Waals surface area contributed by atoms with Crippen LogP contribution in [0.15, 0.2) is 52.3 Å². The summed E-state index contributed by atoms with van der Waals surface area (Å²) in [6, 6.07) is 8.81. The Balaban J connectivity index is 1.56. The minimum absolute atomic E-state index is 0.165. The molecule has 2 heterocycles. The van der Waals surface area contributed by atoms with E-state index < -0.39 is 39.8 Å². The molecule has 2 aliphatic rings. The Morgan fingerprint density at radius 2 is 1.71 bits per heavy atom. The third-order valence-corrected chi connectivity index (χ3v) is 8.18. The first-order chi connectivity index (χ1) is 20.0. The molecule has 6 nitrogen and oxygen atoms in total. The number of rotatable bonds is 9. The summed E-state index contributed by atoms with van der Waals surface area (Å²) in [5.74, 6) is -0.594. The molecular formula is C29H33F6N3O3S. The predicted octanol–water partition coefficient (Wildman–Crippen LogP) is 6.27. The Morgan fingerprint density at radius 3 is 2.36 bits per heavy atom. The number of alkyl halides is 6. The van der Waals surface area contributed by atoms with Gasteiger partial charge in [0.25, 0.3) is 0 Å². The van der Waals surface area contributed by atoms with Gasteiger partial charge in [-0.25, -0.2) is 0 Å². The second-order valence-electron chi connectivity index (χ2n) is 10.1. The summed E-state index contributed by atoms with van der Waals surface area (Å²) in [4.78, 5) is 15.9. The topological polar surface area (TPSA) is 54.0 Å². The number of ether oxygens (including phenoxy) is 2. The van der Waals surface area contributed by atoms with Gasteiger partial charge in [0.2, 0.25) is 5.91 Å². The molecule has 2 aliphatic heterocycles. The molecule has 230 valence electrons. The van der Waals surface area contributed by atoms with Gasteiger partial charge in [-0.05, 0) is 48.7 Å². The third-order valence-electron chi connectivity index (χ3n) is 7.13. The Morgan fingerprint density at radius 1 is 1.02 bits per heavy atom. The first kappa shape index (κ1) is 32.2. The Bertz CT molecular complexity index is 1240. The van der Waals surface area contributed by atoms with Crippen molar-refractivity contribution in [2.45, 2.75) is 41.0 Å². The fourth-order valence-electron chi connectivity index (χ4n) is 4.99. The van der Waals surface area contributed by atoms with Crippen LogP contribution in [0.3, 0.4) is 0 Å². The van der Waals surface area contributed by atoms with Crippen LogP contribution in [0.1, 0.15) is 29.5 Å². The van der Waals surface area contributed by atoms with Gasteiger partial charge in [0.05, 0.1) is 30.9 Å². The molecule has 0 atom stereocenters. The number of nitrogens with zero attached hydrogens (tertiary/aromatic N) is 2. The summed E-state index contributed by atoms with van der Waals surface area (Å²) in [6.07, 6.45) is -7.19. The van der Waals surface area contributed by atoms with Gasteiger partial charge in [0.1, 0.15) is 0 Å². The SMILES string of the molecule is COCCN1CCC(Nc2cccc(Sc3ccc(C=CC(=O)N4CCOCC4)c(C(F)(F)F)c3C(F)(F)F)c2)CC1. The van der Waals surface area contributed by atoms with Crippen LogP contribution >= 0.6 is 11.8 Å². The molecular weight excluding hydrogens is 584 g/mol. The number of likely N-dealkylation sites (tertiary alicyclic amines) is 1. The van der Waals surface area contributed by atoms with E-state index in [1.54, 1.807) is 31.4 Å². The van der Waals surface area contributed by atoms with Crippen molar-refractivity contribution in [1.82, 2.24) is 9.80 Å². The largest absolute Gasteiger partial charge is 0.418 e. The molecule has 13 heteroatoms. The number of carbonyl (C=O) groups excluding carboxylic acids is 1. The van der Waals surface area contributed by atoms with Gasteiger partial charge >= 0.3 is 12.4 Å². The number of amides is 1. The molecule has 4 rings (SSSR count). The van der Waals surface area contributed by atoms with Crippen molar-refractivity contribution >= 4 is 29.4 Å². The minimum atomic E-state index is -5.31. The molecule has 1 N–H and O–H groups in total. The fraction of sp³-hybridized carbons (Fsp3) is 0.483. The van der Waals surface area contributed by atoms with Crippen molar-refractivity contribution < 1.29 is 40.6 Å². The van der Waals surface area contributed by atoms with Gasteiger partial charge in [0.15, 0.2) is 0 Å². The molecule has 1 amide bonds. The molecule has 0 aromatic heterocycles. The van der Waals surface area contributed by atoms with Gasteiger partial charge in [-0.1, -0.05) is 23.9 Å². The quantitative estimate of drug-likeness (QED) is 0.265. The number of hydrogen-bond donors (Lipinski definition) is 1. The van der Waals surface area contributed by atoms with E-state index in [9.17, 15) is 31.1 Å². The highest BCUT2D eigenvalue weighted by atomic mass is 32.2. The van der Waals surface area contributed by atoms with Crippen LogP contribution in [0.2, 0.25) is 0 Å². The highest BCUT2D eigenvalue weighted by Crippen LogP contribution is 2.48. The monoisotopic (exact) mass is 617 g/mol. The van der Waals surface area contributed by atoms with Crippen LogP contribution in [0.5, 0.6) is 0 Å². The average molecular weight is 618 g/mol. The van der Waals surface area contributed by atoms with Gasteiger partial charge in [-0.3, -0.25) is 4.79 Å². The number of morpholine rings is 1. The van der Waals surface area contributed by atoms with E-state index in [4.69, 9.17) is 9.47 Å². The number of anilines is 1. The van der Waals surface area contributed by atoms with Crippen molar-refractivity contribution in [2.24, 2.45) is 0 Å². The molecule has 0 radical (unpaired) electrons. The Labute approximate surface area is 245 Å². The van der Waals surface area contributed by atoms with Crippen LogP contribution in [-0.4, -0.2) is 81.4 Å². The third kappa shape index (κ3) is 8.65. The summed E-state index contributed by atoms with van der Waals surface area (Å²) in [7, 11) is 1.66. The van der Waals surface area contributed by atoms with Crippen LogP contribution in [0.25, 0.3) is 6.08 Å². The van der Waals surface area contributed by atoms with Gasteiger partial charge in [0, 0.05) is 67.4 Å². The first-order valence-electron chi connectivity index (χ1n) is 13.6. The van der Waals surface area contributed by atoms with E-state index >= 15 is 0 Å². The van der Waals surface area contributed by atoms with Crippen LogP contribution in [0.4, 0.5) is 32.0 Å². The molecule has 2 saturated heterocycles. The van der Waals surface area contributed by atoms with Crippen molar-refractivity contribution in [3.63, 3.8) is 0 Å². The molecule has 42 heavy (non-hydrogen) atoms. The zero-order valence-electron chi connectivity index (χ0n) is 23.1. The van der Waals surface area contributed by atoms with E-state index in [0.717, 1.165) is 56.8 Å². The number of halogens is 6. The van der Waals surface area contributed by atoms with Gasteiger partial charge in [-0.2, -0.15) is 26.3 Å². The zero-order valence-corrected chi connectivity index (χ0v) is 23.9. The lowest BCUT2D eigenvalue weighted by atomic mass is 9.99. The Kier molecular flexibility index (Phi) is 10.8. The Hall–Kier alpha value is -2.74. The summed E-state index contributed by atoms with van der Waals surface area (Å²) in [5, 5.41) is 3.40. The molecule has 2 fully saturated rings. The first-order valence-corrected chi connectivity index (χ1v) is 14.4. The second-order valence-corrected chi connectivity index (χ2v) is 11.2. The number of carbonyl (C=O) groups is 1. The highest BCUT2D eigenvalue weighted by Gasteiger charge is 2.46. The smallest absolute Gasteiger partial charge is 0.383 e. The molecule has 0 aliphatic carbocycles. The van der Waals surface area contributed by atoms with Crippen molar-refractivity contribution in [2.75, 3.05) is 65.0 Å². The van der Waals surface area contributed by atoms with E-state index in [2.05, 4.69) is 10.2 Å². The summed E-state index contributed by atoms with van der Waals surface area (Å²) in [6.45, 7) is 4.31.